The first kappa shape index (κ1) is 15.5. The minimum atomic E-state index is -0.225. The van der Waals surface area contributed by atoms with Crippen LogP contribution >= 0.6 is 34.9 Å². The van der Waals surface area contributed by atoms with Crippen molar-refractivity contribution < 1.29 is 9.47 Å². The Morgan fingerprint density at radius 2 is 2.16 bits per heavy atom. The summed E-state index contributed by atoms with van der Waals surface area (Å²) in [6, 6.07) is 7.68. The summed E-state index contributed by atoms with van der Waals surface area (Å²) in [6.07, 6.45) is -0.225. The number of para-hydroxylation sites is 2. The minimum Gasteiger partial charge on any atom is -0.485 e. The van der Waals surface area contributed by atoms with Gasteiger partial charge in [-0.25, -0.2) is 0 Å². The van der Waals surface area contributed by atoms with E-state index < -0.39 is 0 Å². The molecule has 1 aromatic carbocycles. The van der Waals surface area contributed by atoms with Crippen LogP contribution in [0.15, 0.2) is 29.3 Å². The van der Waals surface area contributed by atoms with Gasteiger partial charge in [0, 0.05) is 5.75 Å². The molecule has 0 bridgehead atoms. The number of thioether (sulfide) groups is 2. The average Bonchev–Trinajstić information content (AvgIpc) is 3.37. The fourth-order valence-electron chi connectivity index (χ4n) is 2.56. The summed E-state index contributed by atoms with van der Waals surface area (Å²) >= 11 is 4.97. The Kier molecular flexibility index (Phi) is 4.03. The average molecular weight is 392 g/mol. The minimum absolute atomic E-state index is 0.225. The van der Waals surface area contributed by atoms with Gasteiger partial charge in [-0.2, -0.15) is 9.61 Å². The van der Waals surface area contributed by atoms with E-state index in [1.807, 2.05) is 24.3 Å². The first-order valence-corrected chi connectivity index (χ1v) is 10.5. The molecule has 2 aliphatic heterocycles. The summed E-state index contributed by atoms with van der Waals surface area (Å²) in [4.78, 5) is 5.22. The van der Waals surface area contributed by atoms with Crippen molar-refractivity contribution in [3.63, 3.8) is 0 Å². The highest BCUT2D eigenvalue weighted by molar-refractivity contribution is 8.38. The summed E-state index contributed by atoms with van der Waals surface area (Å²) in [7, 11) is 0. The number of rotatable bonds is 3. The van der Waals surface area contributed by atoms with Crippen molar-refractivity contribution >= 4 is 44.2 Å². The summed E-state index contributed by atoms with van der Waals surface area (Å²) < 4.78 is 14.7. The van der Waals surface area contributed by atoms with Crippen molar-refractivity contribution in [3.05, 3.63) is 35.1 Å². The van der Waals surface area contributed by atoms with Crippen molar-refractivity contribution in [1.29, 1.82) is 0 Å². The number of fused-ring (bicyclic) bond motifs is 2. The molecule has 0 amide bonds. The number of hydrogen-bond donors (Lipinski definition) is 0. The van der Waals surface area contributed by atoms with Gasteiger partial charge in [0.25, 0.3) is 0 Å². The molecule has 0 spiro atoms. The molecule has 128 valence electrons. The summed E-state index contributed by atoms with van der Waals surface area (Å²) in [6.45, 7) is 1.35. The van der Waals surface area contributed by atoms with Crippen LogP contribution in [-0.2, 0) is 5.75 Å². The van der Waals surface area contributed by atoms with E-state index in [1.54, 1.807) is 28.0 Å². The maximum atomic E-state index is 6.03. The summed E-state index contributed by atoms with van der Waals surface area (Å²) in [5, 5.41) is 14.0. The molecule has 0 saturated heterocycles. The molecular weight excluding hydrogens is 378 g/mol. The van der Waals surface area contributed by atoms with Crippen LogP contribution in [-0.4, -0.2) is 43.1 Å². The lowest BCUT2D eigenvalue weighted by molar-refractivity contribution is 0.0904. The quantitative estimate of drug-likeness (QED) is 0.679. The van der Waals surface area contributed by atoms with Gasteiger partial charge in [0.15, 0.2) is 28.4 Å². The molecule has 10 heteroatoms. The topological polar surface area (TPSA) is 73.9 Å². The van der Waals surface area contributed by atoms with E-state index >= 15 is 0 Å². The van der Waals surface area contributed by atoms with Crippen LogP contribution in [0.3, 0.4) is 0 Å². The van der Waals surface area contributed by atoms with Crippen LogP contribution in [0.2, 0.25) is 0 Å². The second-order valence-electron chi connectivity index (χ2n) is 5.40. The third-order valence-electron chi connectivity index (χ3n) is 3.74. The van der Waals surface area contributed by atoms with Crippen LogP contribution < -0.4 is 9.47 Å². The highest BCUT2D eigenvalue weighted by Gasteiger charge is 2.27. The van der Waals surface area contributed by atoms with Crippen molar-refractivity contribution in [2.75, 3.05) is 18.9 Å². The second kappa shape index (κ2) is 6.50. The van der Waals surface area contributed by atoms with E-state index in [9.17, 15) is 0 Å². The monoisotopic (exact) mass is 391 g/mol. The van der Waals surface area contributed by atoms with E-state index in [1.165, 1.54) is 11.3 Å². The largest absolute Gasteiger partial charge is 0.485 e. The molecule has 2 aliphatic rings. The van der Waals surface area contributed by atoms with Crippen molar-refractivity contribution in [3.8, 4) is 11.5 Å². The molecule has 0 unspecified atom stereocenters. The van der Waals surface area contributed by atoms with Crippen LogP contribution in [0.1, 0.15) is 16.9 Å². The third kappa shape index (κ3) is 2.98. The van der Waals surface area contributed by atoms with Crippen molar-refractivity contribution in [2.24, 2.45) is 4.99 Å². The van der Waals surface area contributed by atoms with Crippen molar-refractivity contribution in [2.45, 2.75) is 11.9 Å². The van der Waals surface area contributed by atoms with Gasteiger partial charge in [-0.15, -0.1) is 10.2 Å². The Hall–Kier alpha value is -1.78. The number of nitrogens with zero attached hydrogens (tertiary/aromatic N) is 5. The lowest BCUT2D eigenvalue weighted by atomic mass is 10.3. The maximum absolute atomic E-state index is 6.03. The van der Waals surface area contributed by atoms with E-state index in [0.717, 1.165) is 44.0 Å². The second-order valence-corrected chi connectivity index (χ2v) is 8.69. The number of hydrogen-bond acceptors (Lipinski definition) is 9. The van der Waals surface area contributed by atoms with Gasteiger partial charge in [0.05, 0.1) is 12.3 Å². The first-order valence-electron chi connectivity index (χ1n) is 7.76. The lowest BCUT2D eigenvalue weighted by Gasteiger charge is -2.24. The van der Waals surface area contributed by atoms with Crippen LogP contribution in [0, 0.1) is 0 Å². The summed E-state index contributed by atoms with van der Waals surface area (Å²) in [5.74, 6) is 4.13. The predicted octanol–water partition coefficient (Wildman–Crippen LogP) is 3.03. The van der Waals surface area contributed by atoms with Gasteiger partial charge in [-0.3, -0.25) is 4.99 Å². The zero-order valence-electron chi connectivity index (χ0n) is 13.0. The molecule has 0 N–H and O–H groups in total. The molecule has 0 aliphatic carbocycles. The molecule has 7 nitrogen and oxygen atoms in total. The van der Waals surface area contributed by atoms with Gasteiger partial charge in [-0.05, 0) is 12.1 Å². The summed E-state index contributed by atoms with van der Waals surface area (Å²) in [5.41, 5.74) is 0. The zero-order valence-corrected chi connectivity index (χ0v) is 15.4. The predicted molar refractivity (Wildman–Crippen MR) is 100 cm³/mol. The Morgan fingerprint density at radius 3 is 3.04 bits per heavy atom. The van der Waals surface area contributed by atoms with Crippen LogP contribution in [0.5, 0.6) is 11.5 Å². The normalized spacial score (nSPS) is 19.4. The van der Waals surface area contributed by atoms with E-state index in [4.69, 9.17) is 9.47 Å². The molecule has 2 aromatic heterocycles. The Bertz CT molecular complexity index is 954. The highest BCUT2D eigenvalue weighted by atomic mass is 32.2. The van der Waals surface area contributed by atoms with Crippen molar-refractivity contribution in [1.82, 2.24) is 19.8 Å². The fourth-order valence-corrected chi connectivity index (χ4v) is 5.35. The third-order valence-corrected chi connectivity index (χ3v) is 6.98. The number of aromatic nitrogens is 4. The van der Waals surface area contributed by atoms with Gasteiger partial charge < -0.3 is 9.47 Å². The zero-order chi connectivity index (χ0) is 16.6. The molecule has 0 radical (unpaired) electrons. The smallest absolute Gasteiger partial charge is 0.234 e. The maximum Gasteiger partial charge on any atom is 0.234 e. The number of ether oxygens (including phenoxy) is 2. The Morgan fingerprint density at radius 1 is 1.24 bits per heavy atom. The molecule has 1 atom stereocenters. The molecule has 5 rings (SSSR count). The van der Waals surface area contributed by atoms with E-state index in [-0.39, 0.29) is 6.10 Å². The number of benzene rings is 1. The van der Waals surface area contributed by atoms with Gasteiger partial charge >= 0.3 is 0 Å². The SMILES string of the molecule is c1ccc2c(c1)OC[C@@H](c1nn3c(CSC4=NCCS4)nnc3s1)O2. The lowest BCUT2D eigenvalue weighted by Crippen LogP contribution is -2.21. The standard InChI is InChI=1S/C15H13N5O2S3/c1-2-4-10-9(3-1)21-7-11(22-10)13-19-20-12(17-18-14(20)25-13)8-24-15-16-5-6-23-15/h1-4,11H,5-8H2/t11-/m0/s1. The molecule has 25 heavy (non-hydrogen) atoms. The fraction of sp³-hybridized carbons (Fsp3) is 0.333. The molecule has 3 aromatic rings. The molecule has 4 heterocycles. The van der Waals surface area contributed by atoms with Gasteiger partial charge in [0.2, 0.25) is 4.96 Å². The Labute approximate surface area is 155 Å². The molecule has 0 fully saturated rings. The van der Waals surface area contributed by atoms with E-state index in [0.29, 0.717) is 12.4 Å². The Balaban J connectivity index is 1.36. The van der Waals surface area contributed by atoms with E-state index in [2.05, 4.69) is 20.3 Å². The highest BCUT2D eigenvalue weighted by Crippen LogP contribution is 2.37. The molecule has 0 saturated carbocycles. The number of aliphatic imine (C=N–C) groups is 1. The first-order chi connectivity index (χ1) is 12.4. The van der Waals surface area contributed by atoms with Gasteiger partial charge in [0.1, 0.15) is 11.0 Å². The van der Waals surface area contributed by atoms with Gasteiger partial charge in [-0.1, -0.05) is 47.0 Å². The van der Waals surface area contributed by atoms with Crippen LogP contribution in [0.25, 0.3) is 4.96 Å². The van der Waals surface area contributed by atoms with Crippen LogP contribution in [0.4, 0.5) is 0 Å². The molecular formula is C15H13N5O2S3.